The smallest absolute Gasteiger partial charge is 0.222 e. The summed E-state index contributed by atoms with van der Waals surface area (Å²) in [5.74, 6) is -0.909. The number of halogens is 1. The van der Waals surface area contributed by atoms with Crippen molar-refractivity contribution in [2.75, 3.05) is 13.2 Å². The molecule has 7 heteroatoms. The van der Waals surface area contributed by atoms with E-state index in [2.05, 4.69) is 10.5 Å². The normalized spacial score (nSPS) is 11.4. The zero-order valence-electron chi connectivity index (χ0n) is 11.2. The Morgan fingerprint density at radius 3 is 2.90 bits per heavy atom. The molecule has 4 N–H and O–H groups in total. The molecule has 0 fully saturated rings. The van der Waals surface area contributed by atoms with E-state index in [1.165, 1.54) is 12.1 Å². The van der Waals surface area contributed by atoms with Crippen molar-refractivity contribution in [2.24, 2.45) is 10.9 Å². The minimum Gasteiger partial charge on any atom is -0.409 e. The first-order chi connectivity index (χ1) is 9.58. The lowest BCUT2D eigenvalue weighted by atomic mass is 10.1. The largest absolute Gasteiger partial charge is 0.409 e. The summed E-state index contributed by atoms with van der Waals surface area (Å²) in [6.45, 7) is 2.81. The lowest BCUT2D eigenvalue weighted by molar-refractivity contribution is -0.122. The lowest BCUT2D eigenvalue weighted by Crippen LogP contribution is -2.24. The van der Waals surface area contributed by atoms with E-state index in [4.69, 9.17) is 15.7 Å². The van der Waals surface area contributed by atoms with Crippen LogP contribution >= 0.6 is 0 Å². The van der Waals surface area contributed by atoms with E-state index < -0.39 is 5.82 Å². The molecule has 0 saturated heterocycles. The van der Waals surface area contributed by atoms with Crippen LogP contribution in [0.15, 0.2) is 23.4 Å². The van der Waals surface area contributed by atoms with Crippen molar-refractivity contribution in [2.45, 2.75) is 19.9 Å². The van der Waals surface area contributed by atoms with E-state index in [1.807, 2.05) is 6.92 Å². The molecule has 1 aromatic rings. The van der Waals surface area contributed by atoms with Gasteiger partial charge in [-0.25, -0.2) is 4.39 Å². The minimum absolute atomic E-state index is 0.0766. The first-order valence-electron chi connectivity index (χ1n) is 6.19. The van der Waals surface area contributed by atoms with E-state index in [-0.39, 0.29) is 30.3 Å². The van der Waals surface area contributed by atoms with Crippen LogP contribution in [-0.4, -0.2) is 30.2 Å². The number of nitrogens with one attached hydrogen (secondary N) is 1. The van der Waals surface area contributed by atoms with Crippen LogP contribution in [0, 0.1) is 5.82 Å². The van der Waals surface area contributed by atoms with Gasteiger partial charge < -0.3 is 21.0 Å². The van der Waals surface area contributed by atoms with Gasteiger partial charge in [0.2, 0.25) is 5.91 Å². The van der Waals surface area contributed by atoms with E-state index in [9.17, 15) is 9.18 Å². The summed E-state index contributed by atoms with van der Waals surface area (Å²) < 4.78 is 18.8. The second-order valence-electron chi connectivity index (χ2n) is 4.02. The van der Waals surface area contributed by atoms with Crippen LogP contribution in [0.4, 0.5) is 4.39 Å². The Morgan fingerprint density at radius 2 is 2.30 bits per heavy atom. The molecule has 0 radical (unpaired) electrons. The van der Waals surface area contributed by atoms with Crippen LogP contribution in [0.3, 0.4) is 0 Å². The van der Waals surface area contributed by atoms with Gasteiger partial charge in [-0.15, -0.1) is 0 Å². The van der Waals surface area contributed by atoms with E-state index >= 15 is 0 Å². The molecule has 0 aromatic heterocycles. The van der Waals surface area contributed by atoms with Gasteiger partial charge in [-0.05, 0) is 13.0 Å². The fraction of sp³-hybridized carbons (Fsp3) is 0.385. The van der Waals surface area contributed by atoms with Crippen LogP contribution in [0.2, 0.25) is 0 Å². The molecule has 0 aliphatic rings. The van der Waals surface area contributed by atoms with Crippen LogP contribution < -0.4 is 11.1 Å². The summed E-state index contributed by atoms with van der Waals surface area (Å²) in [6, 6.07) is 4.14. The molecule has 1 amide bonds. The maximum Gasteiger partial charge on any atom is 0.222 e. The van der Waals surface area contributed by atoms with Gasteiger partial charge in [0.05, 0.1) is 6.61 Å². The summed E-state index contributed by atoms with van der Waals surface area (Å²) in [7, 11) is 0. The second kappa shape index (κ2) is 8.11. The van der Waals surface area contributed by atoms with Gasteiger partial charge in [0.15, 0.2) is 5.84 Å². The highest BCUT2D eigenvalue weighted by molar-refractivity contribution is 5.97. The van der Waals surface area contributed by atoms with Crippen molar-refractivity contribution < 1.29 is 19.1 Å². The quantitative estimate of drug-likeness (QED) is 0.228. The van der Waals surface area contributed by atoms with Crippen LogP contribution in [0.5, 0.6) is 0 Å². The molecule has 0 saturated carbocycles. The lowest BCUT2D eigenvalue weighted by Gasteiger charge is -2.08. The number of carbonyl (C=O) groups excluding carboxylic acids is 1. The van der Waals surface area contributed by atoms with Gasteiger partial charge >= 0.3 is 0 Å². The zero-order valence-corrected chi connectivity index (χ0v) is 11.2. The second-order valence-corrected chi connectivity index (χ2v) is 4.02. The molecule has 0 atom stereocenters. The summed E-state index contributed by atoms with van der Waals surface area (Å²) in [6.07, 6.45) is 0.234. The predicted molar refractivity (Wildman–Crippen MR) is 71.9 cm³/mol. The number of nitrogens with two attached hydrogens (primary N) is 1. The third-order valence-electron chi connectivity index (χ3n) is 2.61. The molecular weight excluding hydrogens is 265 g/mol. The highest BCUT2D eigenvalue weighted by Gasteiger charge is 2.08. The van der Waals surface area contributed by atoms with Crippen LogP contribution in [0.1, 0.15) is 24.5 Å². The molecule has 20 heavy (non-hydrogen) atoms. The third kappa shape index (κ3) is 4.85. The average Bonchev–Trinajstić information content (AvgIpc) is 2.45. The average molecular weight is 283 g/mol. The SMILES string of the molecule is CCOCCC(=O)NCc1ccc(C(N)=NO)cc1F. The zero-order chi connectivity index (χ0) is 15.0. The number of nitrogens with zero attached hydrogens (tertiary/aromatic N) is 1. The molecular formula is C13H18FN3O3. The minimum atomic E-state index is -0.529. The van der Waals surface area contributed by atoms with Crippen molar-refractivity contribution in [1.82, 2.24) is 5.32 Å². The summed E-state index contributed by atoms with van der Waals surface area (Å²) >= 11 is 0. The van der Waals surface area contributed by atoms with Crippen molar-refractivity contribution in [1.29, 1.82) is 0 Å². The monoisotopic (exact) mass is 283 g/mol. The first kappa shape index (κ1) is 15.9. The number of benzene rings is 1. The number of amidine groups is 1. The Balaban J connectivity index is 2.54. The van der Waals surface area contributed by atoms with Crippen molar-refractivity contribution >= 4 is 11.7 Å². The maximum atomic E-state index is 13.7. The molecule has 110 valence electrons. The molecule has 0 unspecified atom stereocenters. The van der Waals surface area contributed by atoms with Gasteiger partial charge in [-0.3, -0.25) is 4.79 Å². The summed E-state index contributed by atoms with van der Waals surface area (Å²) in [5.41, 5.74) is 5.95. The van der Waals surface area contributed by atoms with Gasteiger partial charge in [0.1, 0.15) is 5.82 Å². The van der Waals surface area contributed by atoms with Crippen LogP contribution in [-0.2, 0) is 16.1 Å². The summed E-state index contributed by atoms with van der Waals surface area (Å²) in [5, 5.41) is 13.9. The molecule has 0 heterocycles. The van der Waals surface area contributed by atoms with E-state index in [0.29, 0.717) is 18.8 Å². The van der Waals surface area contributed by atoms with Gasteiger partial charge in [-0.2, -0.15) is 0 Å². The van der Waals surface area contributed by atoms with Gasteiger partial charge in [0.25, 0.3) is 0 Å². The number of hydrogen-bond acceptors (Lipinski definition) is 4. The van der Waals surface area contributed by atoms with E-state index in [1.54, 1.807) is 0 Å². The Hall–Kier alpha value is -2.15. The summed E-state index contributed by atoms with van der Waals surface area (Å²) in [4.78, 5) is 11.4. The molecule has 0 spiro atoms. The first-order valence-corrected chi connectivity index (χ1v) is 6.19. The van der Waals surface area contributed by atoms with Crippen molar-refractivity contribution in [3.05, 3.63) is 35.1 Å². The Kier molecular flexibility index (Phi) is 6.45. The number of carbonyl (C=O) groups is 1. The molecule has 1 rings (SSSR count). The molecule has 0 bridgehead atoms. The molecule has 6 nitrogen and oxygen atoms in total. The Morgan fingerprint density at radius 1 is 1.55 bits per heavy atom. The predicted octanol–water partition coefficient (Wildman–Crippen LogP) is 0.963. The topological polar surface area (TPSA) is 96.9 Å². The molecule has 0 aliphatic heterocycles. The van der Waals surface area contributed by atoms with Crippen molar-refractivity contribution in [3.8, 4) is 0 Å². The van der Waals surface area contributed by atoms with E-state index in [0.717, 1.165) is 6.07 Å². The fourth-order valence-electron chi connectivity index (χ4n) is 1.50. The Bertz CT molecular complexity index is 492. The number of amides is 1. The number of hydrogen-bond donors (Lipinski definition) is 3. The highest BCUT2D eigenvalue weighted by Crippen LogP contribution is 2.10. The van der Waals surface area contributed by atoms with Crippen LogP contribution in [0.25, 0.3) is 0 Å². The van der Waals surface area contributed by atoms with Crippen molar-refractivity contribution in [3.63, 3.8) is 0 Å². The highest BCUT2D eigenvalue weighted by atomic mass is 19.1. The standard InChI is InChI=1S/C13H18FN3O3/c1-2-20-6-5-12(18)16-8-10-4-3-9(7-11(10)14)13(15)17-19/h3-4,7,19H,2,5-6,8H2,1H3,(H2,15,17)(H,16,18). The van der Waals surface area contributed by atoms with Gasteiger partial charge in [0, 0.05) is 30.7 Å². The molecule has 0 aliphatic carbocycles. The number of oxime groups is 1. The third-order valence-corrected chi connectivity index (χ3v) is 2.61. The number of ether oxygens (including phenoxy) is 1. The maximum absolute atomic E-state index is 13.7. The Labute approximate surface area is 116 Å². The molecule has 1 aromatic carbocycles. The fourth-order valence-corrected chi connectivity index (χ4v) is 1.50. The van der Waals surface area contributed by atoms with Gasteiger partial charge in [-0.1, -0.05) is 17.3 Å². The number of rotatable bonds is 7.